The smallest absolute Gasteiger partial charge is 0.0334 e. The van der Waals surface area contributed by atoms with Crippen LogP contribution < -0.4 is 5.32 Å². The van der Waals surface area contributed by atoms with Crippen LogP contribution in [0.4, 0.5) is 0 Å². The molecule has 2 fully saturated rings. The van der Waals surface area contributed by atoms with Crippen LogP contribution in [-0.2, 0) is 0 Å². The van der Waals surface area contributed by atoms with Crippen molar-refractivity contribution >= 4 is 0 Å². The summed E-state index contributed by atoms with van der Waals surface area (Å²) in [6, 6.07) is 0. The molecule has 2 rings (SSSR count). The summed E-state index contributed by atoms with van der Waals surface area (Å²) in [6.45, 7) is 12.0. The Balaban J connectivity index is 2.06. The highest BCUT2D eigenvalue weighted by Gasteiger charge is 2.40. The molecule has 1 aliphatic carbocycles. The van der Waals surface area contributed by atoms with E-state index in [1.165, 1.54) is 58.3 Å². The van der Waals surface area contributed by atoms with Crippen molar-refractivity contribution in [2.75, 3.05) is 26.2 Å². The molecule has 16 heavy (non-hydrogen) atoms. The van der Waals surface area contributed by atoms with E-state index in [1.54, 1.807) is 0 Å². The third kappa shape index (κ3) is 2.78. The first-order valence-corrected chi connectivity index (χ1v) is 6.98. The molecule has 2 nitrogen and oxygen atoms in total. The first-order valence-electron chi connectivity index (χ1n) is 6.98. The number of piperazine rings is 1. The minimum Gasteiger partial charge on any atom is -0.314 e. The van der Waals surface area contributed by atoms with Gasteiger partial charge >= 0.3 is 0 Å². The molecule has 1 aliphatic heterocycles. The fourth-order valence-electron chi connectivity index (χ4n) is 3.41. The molecule has 1 saturated carbocycles. The Morgan fingerprint density at radius 2 is 1.81 bits per heavy atom. The Morgan fingerprint density at radius 3 is 2.44 bits per heavy atom. The lowest BCUT2D eigenvalue weighted by Crippen LogP contribution is -2.63. The fourth-order valence-corrected chi connectivity index (χ4v) is 3.41. The maximum atomic E-state index is 3.62. The molecule has 0 bridgehead atoms. The molecular formula is C14H28N2. The summed E-state index contributed by atoms with van der Waals surface area (Å²) in [5.41, 5.74) is 0.936. The quantitative estimate of drug-likeness (QED) is 0.736. The lowest BCUT2D eigenvalue weighted by molar-refractivity contribution is 0.00428. The number of hydrogen-bond donors (Lipinski definition) is 1. The van der Waals surface area contributed by atoms with Crippen LogP contribution in [0.15, 0.2) is 0 Å². The lowest BCUT2D eigenvalue weighted by atomic mass is 9.78. The molecule has 0 aromatic carbocycles. The molecule has 1 heterocycles. The second kappa shape index (κ2) is 4.66. The van der Waals surface area contributed by atoms with Crippen molar-refractivity contribution in [2.24, 2.45) is 5.41 Å². The third-order valence-corrected chi connectivity index (χ3v) is 4.13. The second-order valence-corrected chi connectivity index (χ2v) is 6.94. The predicted molar refractivity (Wildman–Crippen MR) is 69.7 cm³/mol. The SMILES string of the molecule is CC(C)(C)CN1CCNCC12CCCCC2. The third-order valence-electron chi connectivity index (χ3n) is 4.13. The molecule has 1 spiro atoms. The van der Waals surface area contributed by atoms with Crippen LogP contribution in [0.5, 0.6) is 0 Å². The van der Waals surface area contributed by atoms with Gasteiger partial charge in [0.05, 0.1) is 0 Å². The fraction of sp³-hybridized carbons (Fsp3) is 1.00. The topological polar surface area (TPSA) is 15.3 Å². The Labute approximate surface area is 101 Å². The molecular weight excluding hydrogens is 196 g/mol. The van der Waals surface area contributed by atoms with E-state index >= 15 is 0 Å². The van der Waals surface area contributed by atoms with E-state index in [2.05, 4.69) is 31.0 Å². The molecule has 0 aromatic rings. The molecule has 1 N–H and O–H groups in total. The molecule has 0 atom stereocenters. The van der Waals surface area contributed by atoms with E-state index in [4.69, 9.17) is 0 Å². The van der Waals surface area contributed by atoms with Gasteiger partial charge in [0.1, 0.15) is 0 Å². The van der Waals surface area contributed by atoms with Gasteiger partial charge in [-0.15, -0.1) is 0 Å². The van der Waals surface area contributed by atoms with Crippen molar-refractivity contribution < 1.29 is 0 Å². The molecule has 2 aliphatic rings. The van der Waals surface area contributed by atoms with Crippen LogP contribution in [0.25, 0.3) is 0 Å². The molecule has 0 radical (unpaired) electrons. The van der Waals surface area contributed by atoms with E-state index in [0.29, 0.717) is 11.0 Å². The number of nitrogens with zero attached hydrogens (tertiary/aromatic N) is 1. The summed E-state index contributed by atoms with van der Waals surface area (Å²) in [4.78, 5) is 2.79. The summed E-state index contributed by atoms with van der Waals surface area (Å²) in [5, 5.41) is 3.62. The van der Waals surface area contributed by atoms with E-state index < -0.39 is 0 Å². The standard InChI is InChI=1S/C14H28N2/c1-13(2,3)12-16-10-9-15-11-14(16)7-5-4-6-8-14/h15H,4-12H2,1-3H3. The van der Waals surface area contributed by atoms with Crippen molar-refractivity contribution in [3.63, 3.8) is 0 Å². The van der Waals surface area contributed by atoms with Crippen LogP contribution in [0, 0.1) is 5.41 Å². The van der Waals surface area contributed by atoms with E-state index in [-0.39, 0.29) is 0 Å². The summed E-state index contributed by atoms with van der Waals surface area (Å²) in [6.07, 6.45) is 7.14. The average Bonchev–Trinajstić information content (AvgIpc) is 2.21. The van der Waals surface area contributed by atoms with Crippen molar-refractivity contribution in [2.45, 2.75) is 58.4 Å². The summed E-state index contributed by atoms with van der Waals surface area (Å²) < 4.78 is 0. The summed E-state index contributed by atoms with van der Waals surface area (Å²) in [5.74, 6) is 0. The van der Waals surface area contributed by atoms with Crippen LogP contribution >= 0.6 is 0 Å². The van der Waals surface area contributed by atoms with Crippen molar-refractivity contribution in [3.8, 4) is 0 Å². The highest BCUT2D eigenvalue weighted by molar-refractivity contribution is 4.98. The van der Waals surface area contributed by atoms with Gasteiger partial charge in [0.2, 0.25) is 0 Å². The lowest BCUT2D eigenvalue weighted by Gasteiger charge is -2.51. The molecule has 2 heteroatoms. The second-order valence-electron chi connectivity index (χ2n) is 6.94. The highest BCUT2D eigenvalue weighted by Crippen LogP contribution is 2.36. The molecule has 0 unspecified atom stereocenters. The maximum Gasteiger partial charge on any atom is 0.0334 e. The minimum atomic E-state index is 0.432. The zero-order valence-electron chi connectivity index (χ0n) is 11.3. The minimum absolute atomic E-state index is 0.432. The van der Waals surface area contributed by atoms with Crippen LogP contribution in [0.3, 0.4) is 0 Å². The molecule has 1 saturated heterocycles. The van der Waals surface area contributed by atoms with E-state index in [0.717, 1.165) is 0 Å². The summed E-state index contributed by atoms with van der Waals surface area (Å²) >= 11 is 0. The van der Waals surface area contributed by atoms with Crippen molar-refractivity contribution in [1.82, 2.24) is 10.2 Å². The van der Waals surface area contributed by atoms with Crippen molar-refractivity contribution in [3.05, 3.63) is 0 Å². The van der Waals surface area contributed by atoms with Gasteiger partial charge in [-0.2, -0.15) is 0 Å². The van der Waals surface area contributed by atoms with Crippen molar-refractivity contribution in [1.29, 1.82) is 0 Å². The van der Waals surface area contributed by atoms with E-state index in [9.17, 15) is 0 Å². The first-order chi connectivity index (χ1) is 7.52. The number of rotatable bonds is 1. The first kappa shape index (κ1) is 12.4. The molecule has 94 valence electrons. The van der Waals surface area contributed by atoms with Gasteiger partial charge in [-0.25, -0.2) is 0 Å². The van der Waals surface area contributed by atoms with Crippen LogP contribution in [-0.4, -0.2) is 36.6 Å². The highest BCUT2D eigenvalue weighted by atomic mass is 15.3. The Morgan fingerprint density at radius 1 is 1.12 bits per heavy atom. The molecule has 0 amide bonds. The summed E-state index contributed by atoms with van der Waals surface area (Å²) in [7, 11) is 0. The number of hydrogen-bond acceptors (Lipinski definition) is 2. The van der Waals surface area contributed by atoms with Gasteiger partial charge in [-0.3, -0.25) is 4.90 Å². The van der Waals surface area contributed by atoms with E-state index in [1.807, 2.05) is 0 Å². The predicted octanol–water partition coefficient (Wildman–Crippen LogP) is 2.64. The Hall–Kier alpha value is -0.0800. The largest absolute Gasteiger partial charge is 0.314 e. The van der Waals surface area contributed by atoms with Crippen LogP contribution in [0.1, 0.15) is 52.9 Å². The normalized spacial score (nSPS) is 27.2. The van der Waals surface area contributed by atoms with Gasteiger partial charge in [0, 0.05) is 31.7 Å². The molecule has 0 aromatic heterocycles. The van der Waals surface area contributed by atoms with Gasteiger partial charge in [0.25, 0.3) is 0 Å². The zero-order valence-corrected chi connectivity index (χ0v) is 11.3. The van der Waals surface area contributed by atoms with Gasteiger partial charge in [0.15, 0.2) is 0 Å². The monoisotopic (exact) mass is 224 g/mol. The van der Waals surface area contributed by atoms with Gasteiger partial charge in [-0.05, 0) is 18.3 Å². The van der Waals surface area contributed by atoms with Gasteiger partial charge < -0.3 is 5.32 Å². The number of nitrogens with one attached hydrogen (secondary N) is 1. The Kier molecular flexibility index (Phi) is 3.60. The average molecular weight is 224 g/mol. The van der Waals surface area contributed by atoms with Crippen LogP contribution in [0.2, 0.25) is 0 Å². The maximum absolute atomic E-state index is 3.62. The zero-order chi connectivity index (χ0) is 11.6. The van der Waals surface area contributed by atoms with Gasteiger partial charge in [-0.1, -0.05) is 40.0 Å². The Bertz CT molecular complexity index is 215.